The normalized spacial score (nSPS) is 15.7. The summed E-state index contributed by atoms with van der Waals surface area (Å²) < 4.78 is 15.9. The van der Waals surface area contributed by atoms with Gasteiger partial charge in [-0.15, -0.1) is 0 Å². The van der Waals surface area contributed by atoms with E-state index in [1.165, 1.54) is 7.11 Å². The van der Waals surface area contributed by atoms with Crippen molar-refractivity contribution in [2.24, 2.45) is 5.73 Å². The summed E-state index contributed by atoms with van der Waals surface area (Å²) >= 11 is 6.32. The topological polar surface area (TPSA) is 112 Å². The first-order valence-electron chi connectivity index (χ1n) is 8.77. The Bertz CT molecular complexity index is 818. The molecule has 9 heteroatoms. The Hall–Kier alpha value is -2.32. The van der Waals surface area contributed by atoms with Crippen LogP contribution in [0.25, 0.3) is 0 Å². The molecule has 1 aromatic carbocycles. The second-order valence-corrected chi connectivity index (χ2v) is 7.05. The van der Waals surface area contributed by atoms with Gasteiger partial charge < -0.3 is 25.0 Å². The maximum Gasteiger partial charge on any atom is 0.255 e. The summed E-state index contributed by atoms with van der Waals surface area (Å²) in [5.41, 5.74) is 5.73. The maximum absolute atomic E-state index is 11.0. The van der Waals surface area contributed by atoms with Crippen LogP contribution in [0.15, 0.2) is 16.7 Å². The monoisotopic (exact) mass is 394 g/mol. The highest BCUT2D eigenvalue weighted by molar-refractivity contribution is 6.32. The minimum absolute atomic E-state index is 0.270. The number of primary amides is 1. The van der Waals surface area contributed by atoms with Crippen molar-refractivity contribution < 1.29 is 18.8 Å². The minimum atomic E-state index is -0.586. The van der Waals surface area contributed by atoms with Crippen LogP contribution in [-0.4, -0.2) is 29.8 Å². The standard InChI is InChI=1S/C18H23ClN4O4/c1-11-22-17(23-27-11)18(5-3-4-6-18)21-9-12-7-13(19)16(14(8-12)25-2)26-10-15(20)24/h7-8,21H,3-6,9-10H2,1-2H3,(H2,20,24). The molecule has 1 aromatic heterocycles. The molecular weight excluding hydrogens is 372 g/mol. The molecule has 8 nitrogen and oxygen atoms in total. The molecule has 1 heterocycles. The molecule has 0 radical (unpaired) electrons. The number of nitrogens with one attached hydrogen (secondary N) is 1. The predicted octanol–water partition coefficient (Wildman–Crippen LogP) is 2.46. The van der Waals surface area contributed by atoms with Gasteiger partial charge in [-0.05, 0) is 30.5 Å². The van der Waals surface area contributed by atoms with E-state index in [2.05, 4.69) is 15.5 Å². The van der Waals surface area contributed by atoms with Crippen LogP contribution in [0.2, 0.25) is 5.02 Å². The Morgan fingerprint density at radius 2 is 2.15 bits per heavy atom. The zero-order chi connectivity index (χ0) is 19.4. The van der Waals surface area contributed by atoms with E-state index in [9.17, 15) is 4.79 Å². The first-order valence-corrected chi connectivity index (χ1v) is 9.14. The number of halogens is 1. The van der Waals surface area contributed by atoms with Crippen LogP contribution in [0, 0.1) is 6.92 Å². The van der Waals surface area contributed by atoms with E-state index >= 15 is 0 Å². The number of carbonyl (C=O) groups excluding carboxylic acids is 1. The first kappa shape index (κ1) is 19.4. The molecule has 2 aromatic rings. The fourth-order valence-corrected chi connectivity index (χ4v) is 3.67. The number of ether oxygens (including phenoxy) is 2. The highest BCUT2D eigenvalue weighted by Gasteiger charge is 2.39. The molecule has 1 fully saturated rings. The number of benzene rings is 1. The Morgan fingerprint density at radius 1 is 1.41 bits per heavy atom. The van der Waals surface area contributed by atoms with Gasteiger partial charge in [-0.1, -0.05) is 29.6 Å². The number of rotatable bonds is 8. The van der Waals surface area contributed by atoms with Crippen molar-refractivity contribution in [3.8, 4) is 11.5 Å². The Morgan fingerprint density at radius 3 is 2.74 bits per heavy atom. The summed E-state index contributed by atoms with van der Waals surface area (Å²) in [6.07, 6.45) is 4.09. The quantitative estimate of drug-likeness (QED) is 0.707. The van der Waals surface area contributed by atoms with E-state index in [1.807, 2.05) is 6.07 Å². The lowest BCUT2D eigenvalue weighted by Gasteiger charge is -2.27. The number of nitrogens with zero attached hydrogens (tertiary/aromatic N) is 2. The lowest BCUT2D eigenvalue weighted by atomic mass is 9.96. The molecule has 0 saturated heterocycles. The fraction of sp³-hybridized carbons (Fsp3) is 0.500. The SMILES string of the molecule is COc1cc(CNC2(c3noc(C)n3)CCCC2)cc(Cl)c1OCC(N)=O. The van der Waals surface area contributed by atoms with Crippen LogP contribution in [0.5, 0.6) is 11.5 Å². The zero-order valence-electron chi connectivity index (χ0n) is 15.4. The van der Waals surface area contributed by atoms with Crippen molar-refractivity contribution in [2.45, 2.75) is 44.7 Å². The summed E-state index contributed by atoms with van der Waals surface area (Å²) in [6.45, 7) is 2.06. The summed E-state index contributed by atoms with van der Waals surface area (Å²) in [4.78, 5) is 15.4. The number of nitrogens with two attached hydrogens (primary N) is 1. The predicted molar refractivity (Wildman–Crippen MR) is 98.7 cm³/mol. The number of methoxy groups -OCH3 is 1. The lowest BCUT2D eigenvalue weighted by Crippen LogP contribution is -2.40. The van der Waals surface area contributed by atoms with Crippen molar-refractivity contribution in [1.29, 1.82) is 0 Å². The largest absolute Gasteiger partial charge is 0.493 e. The lowest BCUT2D eigenvalue weighted by molar-refractivity contribution is -0.119. The Kier molecular flexibility index (Phi) is 5.86. The van der Waals surface area contributed by atoms with Crippen LogP contribution >= 0.6 is 11.6 Å². The zero-order valence-corrected chi connectivity index (χ0v) is 16.1. The highest BCUT2D eigenvalue weighted by Crippen LogP contribution is 2.39. The van der Waals surface area contributed by atoms with Crippen molar-refractivity contribution in [3.05, 3.63) is 34.4 Å². The van der Waals surface area contributed by atoms with E-state index in [4.69, 9.17) is 31.3 Å². The molecule has 0 spiro atoms. The van der Waals surface area contributed by atoms with Gasteiger partial charge in [0.05, 0.1) is 17.7 Å². The number of aromatic nitrogens is 2. The smallest absolute Gasteiger partial charge is 0.255 e. The number of aryl methyl sites for hydroxylation is 1. The molecule has 0 aliphatic heterocycles. The Labute approximate surface area is 162 Å². The molecule has 0 bridgehead atoms. The van der Waals surface area contributed by atoms with Crippen LogP contribution < -0.4 is 20.5 Å². The van der Waals surface area contributed by atoms with Crippen LogP contribution in [0.1, 0.15) is 43.0 Å². The molecule has 27 heavy (non-hydrogen) atoms. The average Bonchev–Trinajstić information content (AvgIpc) is 3.28. The van der Waals surface area contributed by atoms with Gasteiger partial charge in [0.1, 0.15) is 0 Å². The molecule has 1 aliphatic carbocycles. The van der Waals surface area contributed by atoms with Gasteiger partial charge in [0.25, 0.3) is 5.91 Å². The highest BCUT2D eigenvalue weighted by atomic mass is 35.5. The van der Waals surface area contributed by atoms with Crippen LogP contribution in [-0.2, 0) is 16.9 Å². The van der Waals surface area contributed by atoms with Gasteiger partial charge >= 0.3 is 0 Å². The van der Waals surface area contributed by atoms with Gasteiger partial charge in [0, 0.05) is 13.5 Å². The number of carbonyl (C=O) groups is 1. The van der Waals surface area contributed by atoms with Crippen molar-refractivity contribution in [1.82, 2.24) is 15.5 Å². The summed E-state index contributed by atoms with van der Waals surface area (Å²) in [5.74, 6) is 1.40. The van der Waals surface area contributed by atoms with Gasteiger partial charge in [-0.2, -0.15) is 4.98 Å². The minimum Gasteiger partial charge on any atom is -0.493 e. The van der Waals surface area contributed by atoms with E-state index in [0.717, 1.165) is 31.2 Å². The molecule has 1 aliphatic rings. The number of hydrogen-bond acceptors (Lipinski definition) is 7. The van der Waals surface area contributed by atoms with Crippen LogP contribution in [0.4, 0.5) is 0 Å². The molecule has 146 valence electrons. The molecular formula is C18H23ClN4O4. The molecule has 1 amide bonds. The fourth-order valence-electron chi connectivity index (χ4n) is 3.38. The van der Waals surface area contributed by atoms with E-state index in [0.29, 0.717) is 34.8 Å². The summed E-state index contributed by atoms with van der Waals surface area (Å²) in [5, 5.41) is 8.05. The third-order valence-electron chi connectivity index (χ3n) is 4.69. The average molecular weight is 395 g/mol. The van der Waals surface area contributed by atoms with Crippen molar-refractivity contribution >= 4 is 17.5 Å². The molecule has 3 N–H and O–H groups in total. The second kappa shape index (κ2) is 8.14. The molecule has 1 saturated carbocycles. The van der Waals surface area contributed by atoms with Crippen LogP contribution in [0.3, 0.4) is 0 Å². The first-order chi connectivity index (χ1) is 12.9. The molecule has 3 rings (SSSR count). The van der Waals surface area contributed by atoms with Gasteiger partial charge in [0.2, 0.25) is 5.89 Å². The maximum atomic E-state index is 11.0. The Balaban J connectivity index is 1.78. The molecule has 0 atom stereocenters. The molecule has 0 unspecified atom stereocenters. The van der Waals surface area contributed by atoms with E-state index in [-0.39, 0.29) is 12.1 Å². The third-order valence-corrected chi connectivity index (χ3v) is 4.97. The van der Waals surface area contributed by atoms with E-state index in [1.54, 1.807) is 13.0 Å². The second-order valence-electron chi connectivity index (χ2n) is 6.64. The summed E-state index contributed by atoms with van der Waals surface area (Å²) in [6, 6.07) is 3.59. The van der Waals surface area contributed by atoms with Gasteiger partial charge in [-0.25, -0.2) is 0 Å². The van der Waals surface area contributed by atoms with Crippen molar-refractivity contribution in [3.63, 3.8) is 0 Å². The van der Waals surface area contributed by atoms with Gasteiger partial charge in [0.15, 0.2) is 23.9 Å². The van der Waals surface area contributed by atoms with Gasteiger partial charge in [-0.3, -0.25) is 4.79 Å². The third kappa shape index (κ3) is 4.33. The number of hydrogen-bond donors (Lipinski definition) is 2. The van der Waals surface area contributed by atoms with Crippen molar-refractivity contribution in [2.75, 3.05) is 13.7 Å². The summed E-state index contributed by atoms with van der Waals surface area (Å²) in [7, 11) is 1.51. The number of amides is 1. The van der Waals surface area contributed by atoms with E-state index < -0.39 is 5.91 Å².